The van der Waals surface area contributed by atoms with Gasteiger partial charge >= 0.3 is 5.97 Å². The van der Waals surface area contributed by atoms with Crippen molar-refractivity contribution in [2.24, 2.45) is 5.73 Å². The summed E-state index contributed by atoms with van der Waals surface area (Å²) in [4.78, 5) is 16.1. The Bertz CT molecular complexity index is 649. The first-order valence-electron chi connectivity index (χ1n) is 7.93. The Morgan fingerprint density at radius 3 is 2.46 bits per heavy atom. The van der Waals surface area contributed by atoms with E-state index < -0.39 is 17.6 Å². The summed E-state index contributed by atoms with van der Waals surface area (Å²) in [7, 11) is 0. The molecule has 5 nitrogen and oxygen atoms in total. The number of pyridine rings is 1. The average molecular weight is 328 g/mol. The molecule has 0 aliphatic rings. The highest BCUT2D eigenvalue weighted by molar-refractivity contribution is 5.76. The molecule has 2 aromatic rings. The van der Waals surface area contributed by atoms with Gasteiger partial charge in [0.05, 0.1) is 5.69 Å². The van der Waals surface area contributed by atoms with Gasteiger partial charge in [0, 0.05) is 6.20 Å². The van der Waals surface area contributed by atoms with E-state index in [-0.39, 0.29) is 0 Å². The predicted molar refractivity (Wildman–Crippen MR) is 92.5 cm³/mol. The molecule has 0 saturated carbocycles. The molecule has 24 heavy (non-hydrogen) atoms. The van der Waals surface area contributed by atoms with Crippen molar-refractivity contribution < 1.29 is 14.3 Å². The lowest BCUT2D eigenvalue weighted by molar-refractivity contribution is -0.156. The van der Waals surface area contributed by atoms with E-state index in [1.54, 1.807) is 6.20 Å². The van der Waals surface area contributed by atoms with Crippen LogP contribution in [0, 0.1) is 0 Å². The van der Waals surface area contributed by atoms with Gasteiger partial charge in [0.15, 0.2) is 0 Å². The lowest BCUT2D eigenvalue weighted by atomic mass is 10.1. The molecule has 128 valence electrons. The van der Waals surface area contributed by atoms with E-state index in [2.05, 4.69) is 4.98 Å². The van der Waals surface area contributed by atoms with Crippen molar-refractivity contribution >= 4 is 5.97 Å². The second-order valence-corrected chi connectivity index (χ2v) is 6.60. The maximum absolute atomic E-state index is 11.9. The molecule has 1 aromatic carbocycles. The highest BCUT2D eigenvalue weighted by Gasteiger charge is 2.22. The monoisotopic (exact) mass is 328 g/mol. The second kappa shape index (κ2) is 7.93. The van der Waals surface area contributed by atoms with Crippen molar-refractivity contribution in [3.05, 3.63) is 59.9 Å². The molecule has 1 aromatic heterocycles. The number of aromatic nitrogens is 1. The normalized spacial score (nSPS) is 12.5. The van der Waals surface area contributed by atoms with Crippen molar-refractivity contribution in [2.75, 3.05) is 0 Å². The molecule has 0 aliphatic carbocycles. The fourth-order valence-corrected chi connectivity index (χ4v) is 2.08. The standard InChI is InChI=1S/C19H24N2O3/c1-19(2,3)24-18(22)17(20)12-14-7-9-16(10-8-14)23-13-15-6-4-5-11-21-15/h4-11,17H,12-13,20H2,1-3H3. The van der Waals surface area contributed by atoms with Crippen LogP contribution in [0.5, 0.6) is 5.75 Å². The van der Waals surface area contributed by atoms with Crippen LogP contribution in [0.4, 0.5) is 0 Å². The van der Waals surface area contributed by atoms with E-state index in [1.807, 2.05) is 63.2 Å². The number of hydrogen-bond acceptors (Lipinski definition) is 5. The van der Waals surface area contributed by atoms with Gasteiger partial charge < -0.3 is 15.2 Å². The molecule has 2 N–H and O–H groups in total. The van der Waals surface area contributed by atoms with Crippen molar-refractivity contribution in [1.29, 1.82) is 0 Å². The van der Waals surface area contributed by atoms with Crippen LogP contribution in [-0.2, 0) is 22.6 Å². The van der Waals surface area contributed by atoms with E-state index in [9.17, 15) is 4.79 Å². The third-order valence-corrected chi connectivity index (χ3v) is 3.20. The van der Waals surface area contributed by atoms with E-state index in [4.69, 9.17) is 15.2 Å². The van der Waals surface area contributed by atoms with Crippen molar-refractivity contribution in [1.82, 2.24) is 4.98 Å². The van der Waals surface area contributed by atoms with E-state index in [1.165, 1.54) is 0 Å². The number of rotatable bonds is 6. The van der Waals surface area contributed by atoms with Gasteiger partial charge in [0.1, 0.15) is 24.0 Å². The number of hydrogen-bond donors (Lipinski definition) is 1. The minimum absolute atomic E-state index is 0.391. The molecule has 0 radical (unpaired) electrons. The first-order chi connectivity index (χ1) is 11.3. The number of carbonyl (C=O) groups excluding carboxylic acids is 1. The maximum atomic E-state index is 11.9. The number of nitrogens with two attached hydrogens (primary N) is 1. The summed E-state index contributed by atoms with van der Waals surface area (Å²) in [5.41, 5.74) is 7.21. The van der Waals surface area contributed by atoms with E-state index in [0.717, 1.165) is 17.0 Å². The van der Waals surface area contributed by atoms with Crippen LogP contribution >= 0.6 is 0 Å². The molecular formula is C19H24N2O3. The summed E-state index contributed by atoms with van der Waals surface area (Å²) in [6.45, 7) is 5.89. The molecule has 0 amide bonds. The van der Waals surface area contributed by atoms with Gasteiger partial charge in [0.2, 0.25) is 0 Å². The Balaban J connectivity index is 1.86. The van der Waals surface area contributed by atoms with Crippen molar-refractivity contribution in [2.45, 2.75) is 45.4 Å². The van der Waals surface area contributed by atoms with Gasteiger partial charge in [-0.2, -0.15) is 0 Å². The summed E-state index contributed by atoms with van der Waals surface area (Å²) in [5, 5.41) is 0. The summed E-state index contributed by atoms with van der Waals surface area (Å²) < 4.78 is 11.0. The van der Waals surface area contributed by atoms with Crippen LogP contribution < -0.4 is 10.5 Å². The molecule has 0 spiro atoms. The third-order valence-electron chi connectivity index (χ3n) is 3.20. The quantitative estimate of drug-likeness (QED) is 0.825. The van der Waals surface area contributed by atoms with Gasteiger partial charge in [-0.05, 0) is 57.0 Å². The fourth-order valence-electron chi connectivity index (χ4n) is 2.08. The zero-order chi connectivity index (χ0) is 17.6. The Morgan fingerprint density at radius 1 is 1.17 bits per heavy atom. The molecule has 1 heterocycles. The SMILES string of the molecule is CC(C)(C)OC(=O)C(N)Cc1ccc(OCc2ccccn2)cc1. The summed E-state index contributed by atoms with van der Waals surface area (Å²) in [6, 6.07) is 12.5. The van der Waals surface area contributed by atoms with Crippen LogP contribution in [0.3, 0.4) is 0 Å². The average Bonchev–Trinajstić information content (AvgIpc) is 2.53. The first-order valence-corrected chi connectivity index (χ1v) is 7.93. The number of ether oxygens (including phenoxy) is 2. The van der Waals surface area contributed by atoms with E-state index >= 15 is 0 Å². The Labute approximate surface area is 142 Å². The smallest absolute Gasteiger partial charge is 0.323 e. The molecule has 0 saturated heterocycles. The zero-order valence-corrected chi connectivity index (χ0v) is 14.4. The molecular weight excluding hydrogens is 304 g/mol. The number of nitrogens with zero attached hydrogens (tertiary/aromatic N) is 1. The topological polar surface area (TPSA) is 74.4 Å². The van der Waals surface area contributed by atoms with Gasteiger partial charge in [-0.25, -0.2) is 0 Å². The number of carbonyl (C=O) groups is 1. The first kappa shape index (κ1) is 17.9. The molecule has 1 unspecified atom stereocenters. The Hall–Kier alpha value is -2.40. The summed E-state index contributed by atoms with van der Waals surface area (Å²) in [6.07, 6.45) is 2.16. The van der Waals surface area contributed by atoms with Crippen LogP contribution in [0.1, 0.15) is 32.0 Å². The van der Waals surface area contributed by atoms with Crippen molar-refractivity contribution in [3.8, 4) is 5.75 Å². The minimum atomic E-state index is -0.676. The summed E-state index contributed by atoms with van der Waals surface area (Å²) in [5.74, 6) is 0.355. The minimum Gasteiger partial charge on any atom is -0.487 e. The molecule has 2 rings (SSSR count). The second-order valence-electron chi connectivity index (χ2n) is 6.60. The van der Waals surface area contributed by atoms with Gasteiger partial charge in [-0.15, -0.1) is 0 Å². The van der Waals surface area contributed by atoms with E-state index in [0.29, 0.717) is 13.0 Å². The highest BCUT2D eigenvalue weighted by Crippen LogP contribution is 2.15. The lowest BCUT2D eigenvalue weighted by Crippen LogP contribution is -2.38. The molecule has 0 aliphatic heterocycles. The number of benzene rings is 1. The van der Waals surface area contributed by atoms with Crippen LogP contribution in [0.25, 0.3) is 0 Å². The van der Waals surface area contributed by atoms with Gasteiger partial charge in [0.25, 0.3) is 0 Å². The lowest BCUT2D eigenvalue weighted by Gasteiger charge is -2.22. The number of esters is 1. The Morgan fingerprint density at radius 2 is 1.88 bits per heavy atom. The molecule has 0 fully saturated rings. The van der Waals surface area contributed by atoms with Crippen LogP contribution in [0.2, 0.25) is 0 Å². The van der Waals surface area contributed by atoms with Crippen LogP contribution in [0.15, 0.2) is 48.7 Å². The Kier molecular flexibility index (Phi) is 5.93. The molecule has 0 bridgehead atoms. The highest BCUT2D eigenvalue weighted by atomic mass is 16.6. The van der Waals surface area contributed by atoms with Crippen LogP contribution in [-0.4, -0.2) is 22.6 Å². The van der Waals surface area contributed by atoms with Gasteiger partial charge in [-0.1, -0.05) is 18.2 Å². The molecule has 1 atom stereocenters. The third kappa shape index (κ3) is 6.01. The van der Waals surface area contributed by atoms with Gasteiger partial charge in [-0.3, -0.25) is 9.78 Å². The largest absolute Gasteiger partial charge is 0.487 e. The maximum Gasteiger partial charge on any atom is 0.323 e. The zero-order valence-electron chi connectivity index (χ0n) is 14.4. The predicted octanol–water partition coefficient (Wildman–Crippen LogP) is 2.87. The molecule has 5 heteroatoms. The fraction of sp³-hybridized carbons (Fsp3) is 0.368. The summed E-state index contributed by atoms with van der Waals surface area (Å²) >= 11 is 0. The van der Waals surface area contributed by atoms with Crippen molar-refractivity contribution in [3.63, 3.8) is 0 Å².